The van der Waals surface area contributed by atoms with Gasteiger partial charge in [-0.05, 0) is 39.5 Å². The molecule has 1 aromatic heterocycles. The number of nitrogens with zero attached hydrogens (tertiary/aromatic N) is 5. The third kappa shape index (κ3) is 5.28. The second-order valence-corrected chi connectivity index (χ2v) is 7.78. The zero-order valence-corrected chi connectivity index (χ0v) is 18.2. The lowest BCUT2D eigenvalue weighted by Gasteiger charge is -2.34. The van der Waals surface area contributed by atoms with Crippen LogP contribution >= 0.6 is 0 Å². The highest BCUT2D eigenvalue weighted by molar-refractivity contribution is 5.80. The van der Waals surface area contributed by atoms with Gasteiger partial charge in [0.2, 0.25) is 23.7 Å². The van der Waals surface area contributed by atoms with Crippen molar-refractivity contribution in [2.45, 2.75) is 39.5 Å². The van der Waals surface area contributed by atoms with E-state index in [1.165, 1.54) is 7.11 Å². The maximum atomic E-state index is 12.3. The number of piperidine rings is 2. The quantitative estimate of drug-likeness (QED) is 0.660. The highest BCUT2D eigenvalue weighted by Crippen LogP contribution is 2.26. The Balaban J connectivity index is 1.78. The molecular weight excluding hydrogens is 386 g/mol. The fourth-order valence-electron chi connectivity index (χ4n) is 4.09. The van der Waals surface area contributed by atoms with Crippen LogP contribution in [0.2, 0.25) is 0 Å². The molecule has 0 bridgehead atoms. The Morgan fingerprint density at radius 2 is 1.37 bits per heavy atom. The van der Waals surface area contributed by atoms with E-state index in [-0.39, 0.29) is 29.7 Å². The highest BCUT2D eigenvalue weighted by atomic mass is 16.5. The molecule has 0 unspecified atom stereocenters. The Morgan fingerprint density at radius 1 is 0.900 bits per heavy atom. The van der Waals surface area contributed by atoms with E-state index in [1.54, 1.807) is 0 Å². The number of rotatable bonds is 7. The van der Waals surface area contributed by atoms with E-state index in [0.717, 1.165) is 38.8 Å². The summed E-state index contributed by atoms with van der Waals surface area (Å²) in [5.74, 6) is 1.02. The van der Waals surface area contributed by atoms with E-state index in [4.69, 9.17) is 9.72 Å². The van der Waals surface area contributed by atoms with Crippen LogP contribution < -0.4 is 25.2 Å². The predicted octanol–water partition coefficient (Wildman–Crippen LogP) is 0.585. The molecule has 166 valence electrons. The average molecular weight is 420 g/mol. The maximum Gasteiger partial charge on any atom is 0.322 e. The van der Waals surface area contributed by atoms with E-state index < -0.39 is 0 Å². The minimum Gasteiger partial charge on any atom is -0.467 e. The second kappa shape index (κ2) is 10.4. The predicted molar refractivity (Wildman–Crippen MR) is 114 cm³/mol. The molecule has 2 atom stereocenters. The summed E-state index contributed by atoms with van der Waals surface area (Å²) in [6.45, 7) is 7.80. The summed E-state index contributed by atoms with van der Waals surface area (Å²) in [6.07, 6.45) is 3.51. The van der Waals surface area contributed by atoms with Crippen LogP contribution in [0.1, 0.15) is 39.5 Å². The van der Waals surface area contributed by atoms with Crippen LogP contribution in [0.15, 0.2) is 0 Å². The minimum absolute atomic E-state index is 0.0734. The van der Waals surface area contributed by atoms with Crippen molar-refractivity contribution in [2.75, 3.05) is 56.2 Å². The van der Waals surface area contributed by atoms with Gasteiger partial charge < -0.3 is 25.2 Å². The lowest BCUT2D eigenvalue weighted by Crippen LogP contribution is -2.45. The molecule has 2 aliphatic heterocycles. The molecule has 1 aromatic rings. The van der Waals surface area contributed by atoms with Crippen LogP contribution in [0.5, 0.6) is 6.01 Å². The molecule has 0 aliphatic carbocycles. The molecular formula is C20H33N7O3. The van der Waals surface area contributed by atoms with Gasteiger partial charge in [0.1, 0.15) is 0 Å². The normalized spacial score (nSPS) is 21.8. The third-order valence-electron chi connectivity index (χ3n) is 5.63. The first-order valence-corrected chi connectivity index (χ1v) is 10.9. The van der Waals surface area contributed by atoms with E-state index in [2.05, 4.69) is 20.6 Å². The van der Waals surface area contributed by atoms with Gasteiger partial charge in [0.25, 0.3) is 0 Å². The molecule has 0 saturated carbocycles. The Labute approximate surface area is 177 Å². The number of carbonyl (C=O) groups is 2. The minimum atomic E-state index is -0.0815. The molecule has 3 rings (SSSR count). The smallest absolute Gasteiger partial charge is 0.322 e. The summed E-state index contributed by atoms with van der Waals surface area (Å²) in [6, 6.07) is 0.246. The molecule has 2 aliphatic rings. The van der Waals surface area contributed by atoms with E-state index >= 15 is 0 Å². The van der Waals surface area contributed by atoms with Gasteiger partial charge in [-0.2, -0.15) is 15.0 Å². The maximum absolute atomic E-state index is 12.3. The molecule has 2 amide bonds. The van der Waals surface area contributed by atoms with Gasteiger partial charge in [-0.15, -0.1) is 0 Å². The summed E-state index contributed by atoms with van der Waals surface area (Å²) in [4.78, 5) is 42.2. The van der Waals surface area contributed by atoms with Gasteiger partial charge in [0.15, 0.2) is 0 Å². The van der Waals surface area contributed by atoms with Gasteiger partial charge in [0, 0.05) is 39.3 Å². The largest absolute Gasteiger partial charge is 0.467 e. The van der Waals surface area contributed by atoms with Gasteiger partial charge in [-0.25, -0.2) is 0 Å². The lowest BCUT2D eigenvalue weighted by atomic mass is 9.97. The van der Waals surface area contributed by atoms with E-state index in [0.29, 0.717) is 38.1 Å². The fourth-order valence-corrected chi connectivity index (χ4v) is 4.09. The highest BCUT2D eigenvalue weighted by Gasteiger charge is 2.30. The van der Waals surface area contributed by atoms with Crippen molar-refractivity contribution in [3.8, 4) is 6.01 Å². The van der Waals surface area contributed by atoms with Crippen LogP contribution in [0.25, 0.3) is 0 Å². The standard InChI is InChI=1S/C20H33N7O3/c1-4-21-16(28)14-8-6-10-26(12-14)18-23-19(25-20(24-18)30-3)27-11-7-9-15(13-27)17(29)22-5-2/h14-15H,4-13H2,1-3H3,(H,21,28)(H,22,29)/t14-,15-/m0/s1. The fraction of sp³-hybridized carbons (Fsp3) is 0.750. The Hall–Kier alpha value is -2.65. The van der Waals surface area contributed by atoms with E-state index in [9.17, 15) is 9.59 Å². The van der Waals surface area contributed by atoms with Gasteiger partial charge >= 0.3 is 6.01 Å². The van der Waals surface area contributed by atoms with Crippen molar-refractivity contribution in [1.82, 2.24) is 25.6 Å². The second-order valence-electron chi connectivity index (χ2n) is 7.78. The molecule has 0 aromatic carbocycles. The first-order valence-electron chi connectivity index (χ1n) is 10.9. The number of methoxy groups -OCH3 is 1. The SMILES string of the molecule is CCNC(=O)[C@H]1CCCN(c2nc(OC)nc(N3CCC[C@H](C(=O)NCC)C3)n2)C1. The molecule has 0 radical (unpaired) electrons. The van der Waals surface area contributed by atoms with Crippen LogP contribution in [0, 0.1) is 11.8 Å². The Bertz CT molecular complexity index is 689. The number of amides is 2. The van der Waals surface area contributed by atoms with Gasteiger partial charge in [-0.3, -0.25) is 9.59 Å². The van der Waals surface area contributed by atoms with Crippen LogP contribution in [0.3, 0.4) is 0 Å². The summed E-state index contributed by atoms with van der Waals surface area (Å²) in [7, 11) is 1.53. The number of ether oxygens (including phenoxy) is 1. The number of carbonyl (C=O) groups excluding carboxylic acids is 2. The van der Waals surface area contributed by atoms with Crippen LogP contribution in [-0.4, -0.2) is 73.1 Å². The van der Waals surface area contributed by atoms with Crippen molar-refractivity contribution < 1.29 is 14.3 Å². The first kappa shape index (κ1) is 22.0. The van der Waals surface area contributed by atoms with Crippen LogP contribution in [-0.2, 0) is 9.59 Å². The monoisotopic (exact) mass is 419 g/mol. The molecule has 0 spiro atoms. The van der Waals surface area contributed by atoms with Gasteiger partial charge in [0.05, 0.1) is 18.9 Å². The van der Waals surface area contributed by atoms with E-state index in [1.807, 2.05) is 23.6 Å². The zero-order valence-electron chi connectivity index (χ0n) is 18.2. The number of nitrogens with one attached hydrogen (secondary N) is 2. The van der Waals surface area contributed by atoms with Crippen molar-refractivity contribution >= 4 is 23.7 Å². The first-order chi connectivity index (χ1) is 14.5. The molecule has 2 saturated heterocycles. The molecule has 30 heavy (non-hydrogen) atoms. The van der Waals surface area contributed by atoms with Gasteiger partial charge in [-0.1, -0.05) is 0 Å². The van der Waals surface area contributed by atoms with Crippen molar-refractivity contribution in [3.05, 3.63) is 0 Å². The van der Waals surface area contributed by atoms with Crippen LogP contribution in [0.4, 0.5) is 11.9 Å². The van der Waals surface area contributed by atoms with Crippen molar-refractivity contribution in [2.24, 2.45) is 11.8 Å². The Kier molecular flexibility index (Phi) is 7.64. The summed E-state index contributed by atoms with van der Waals surface area (Å²) < 4.78 is 5.33. The van der Waals surface area contributed by atoms with Crippen molar-refractivity contribution in [1.29, 1.82) is 0 Å². The molecule has 2 fully saturated rings. The third-order valence-corrected chi connectivity index (χ3v) is 5.63. The summed E-state index contributed by atoms with van der Waals surface area (Å²) in [5, 5.41) is 5.82. The molecule has 10 nitrogen and oxygen atoms in total. The van der Waals surface area contributed by atoms with Crippen molar-refractivity contribution in [3.63, 3.8) is 0 Å². The average Bonchev–Trinajstić information content (AvgIpc) is 2.79. The number of hydrogen-bond donors (Lipinski definition) is 2. The summed E-state index contributed by atoms with van der Waals surface area (Å²) in [5.41, 5.74) is 0. The molecule has 3 heterocycles. The summed E-state index contributed by atoms with van der Waals surface area (Å²) >= 11 is 0. The number of aromatic nitrogens is 3. The lowest BCUT2D eigenvalue weighted by molar-refractivity contribution is -0.125. The zero-order chi connectivity index (χ0) is 21.5. The number of hydrogen-bond acceptors (Lipinski definition) is 8. The molecule has 10 heteroatoms. The topological polar surface area (TPSA) is 113 Å². The molecule has 2 N–H and O–H groups in total. The Morgan fingerprint density at radius 3 is 1.77 bits per heavy atom. The number of anilines is 2.